The maximum atomic E-state index is 6.00. The highest BCUT2D eigenvalue weighted by Crippen LogP contribution is 2.30. The number of ether oxygens (including phenoxy) is 1. The number of thiocarbonyl (C=S) groups is 1. The lowest BCUT2D eigenvalue weighted by Gasteiger charge is -2.14. The summed E-state index contributed by atoms with van der Waals surface area (Å²) in [5.74, 6) is 1.55. The maximum Gasteiger partial charge on any atom is 0.137 e. The average molecular weight is 271 g/mol. The van der Waals surface area contributed by atoms with Crippen molar-refractivity contribution in [1.82, 2.24) is 0 Å². The van der Waals surface area contributed by atoms with Crippen molar-refractivity contribution in [3.8, 4) is 11.5 Å². The van der Waals surface area contributed by atoms with Crippen molar-refractivity contribution in [3.05, 3.63) is 58.7 Å². The van der Waals surface area contributed by atoms with Crippen LogP contribution in [0, 0.1) is 20.8 Å². The van der Waals surface area contributed by atoms with Crippen molar-refractivity contribution >= 4 is 17.2 Å². The van der Waals surface area contributed by atoms with Gasteiger partial charge in [-0.2, -0.15) is 0 Å². The van der Waals surface area contributed by atoms with Gasteiger partial charge in [0.1, 0.15) is 16.5 Å². The van der Waals surface area contributed by atoms with Crippen molar-refractivity contribution in [1.29, 1.82) is 0 Å². The van der Waals surface area contributed by atoms with Crippen LogP contribution in [0.3, 0.4) is 0 Å². The largest absolute Gasteiger partial charge is 0.456 e. The molecule has 98 valence electrons. The summed E-state index contributed by atoms with van der Waals surface area (Å²) in [4.78, 5) is 0.348. The molecule has 0 aliphatic carbocycles. The van der Waals surface area contributed by atoms with E-state index in [0.717, 1.165) is 22.4 Å². The van der Waals surface area contributed by atoms with Gasteiger partial charge >= 0.3 is 0 Å². The van der Waals surface area contributed by atoms with E-state index in [1.165, 1.54) is 5.56 Å². The van der Waals surface area contributed by atoms with Crippen molar-refractivity contribution in [2.75, 3.05) is 0 Å². The number of hydrogen-bond donors (Lipinski definition) is 1. The van der Waals surface area contributed by atoms with Gasteiger partial charge in [-0.3, -0.25) is 0 Å². The molecule has 0 unspecified atom stereocenters. The van der Waals surface area contributed by atoms with E-state index in [1.807, 2.05) is 44.2 Å². The Labute approximate surface area is 119 Å². The smallest absolute Gasteiger partial charge is 0.137 e. The summed E-state index contributed by atoms with van der Waals surface area (Å²) in [5.41, 5.74) is 9.93. The van der Waals surface area contributed by atoms with Crippen LogP contribution in [-0.2, 0) is 0 Å². The number of aryl methyl sites for hydroxylation is 2. The van der Waals surface area contributed by atoms with Crippen molar-refractivity contribution in [2.24, 2.45) is 5.73 Å². The topological polar surface area (TPSA) is 35.2 Å². The SMILES string of the molecule is Cc1ccc(C(N)=S)c(Oc2cccc(C)c2C)c1. The lowest BCUT2D eigenvalue weighted by Crippen LogP contribution is -2.11. The first-order valence-corrected chi connectivity index (χ1v) is 6.54. The minimum atomic E-state index is 0.348. The fourth-order valence-corrected chi connectivity index (χ4v) is 2.04. The van der Waals surface area contributed by atoms with Gasteiger partial charge < -0.3 is 10.5 Å². The summed E-state index contributed by atoms with van der Waals surface area (Å²) < 4.78 is 6.00. The molecule has 2 N–H and O–H groups in total. The third-order valence-electron chi connectivity index (χ3n) is 3.18. The molecule has 2 aromatic rings. The van der Waals surface area contributed by atoms with E-state index >= 15 is 0 Å². The standard InChI is InChI=1S/C16H17NOS/c1-10-7-8-13(16(17)19)15(9-10)18-14-6-4-5-11(2)12(14)3/h4-9H,1-3H3,(H2,17,19). The zero-order chi connectivity index (χ0) is 14.0. The Hall–Kier alpha value is -1.87. The van der Waals surface area contributed by atoms with Crippen LogP contribution in [0.25, 0.3) is 0 Å². The van der Waals surface area contributed by atoms with Crippen LogP contribution in [0.5, 0.6) is 11.5 Å². The third-order valence-corrected chi connectivity index (χ3v) is 3.40. The molecule has 2 aromatic carbocycles. The highest BCUT2D eigenvalue weighted by atomic mass is 32.1. The number of rotatable bonds is 3. The molecule has 0 radical (unpaired) electrons. The lowest BCUT2D eigenvalue weighted by molar-refractivity contribution is 0.477. The molecule has 0 aromatic heterocycles. The Morgan fingerprint density at radius 1 is 1.05 bits per heavy atom. The van der Waals surface area contributed by atoms with Gasteiger partial charge in [0.2, 0.25) is 0 Å². The number of benzene rings is 2. The molecule has 0 fully saturated rings. The minimum Gasteiger partial charge on any atom is -0.456 e. The molecule has 0 bridgehead atoms. The van der Waals surface area contributed by atoms with Crippen LogP contribution in [-0.4, -0.2) is 4.99 Å². The predicted molar refractivity (Wildman–Crippen MR) is 83.1 cm³/mol. The summed E-state index contributed by atoms with van der Waals surface area (Å²) in [6.45, 7) is 6.12. The Bertz CT molecular complexity index is 635. The third kappa shape index (κ3) is 2.93. The predicted octanol–water partition coefficient (Wildman–Crippen LogP) is 4.04. The Morgan fingerprint density at radius 3 is 2.47 bits per heavy atom. The molecule has 2 nitrogen and oxygen atoms in total. The summed E-state index contributed by atoms with van der Waals surface area (Å²) >= 11 is 5.07. The molecular weight excluding hydrogens is 254 g/mol. The first-order valence-electron chi connectivity index (χ1n) is 6.13. The molecule has 3 heteroatoms. The van der Waals surface area contributed by atoms with E-state index in [-0.39, 0.29) is 0 Å². The lowest BCUT2D eigenvalue weighted by atomic mass is 10.1. The van der Waals surface area contributed by atoms with Gasteiger partial charge in [0.15, 0.2) is 0 Å². The molecule has 0 saturated carbocycles. The van der Waals surface area contributed by atoms with Crippen LogP contribution in [0.1, 0.15) is 22.3 Å². The first-order chi connectivity index (χ1) is 8.99. The molecular formula is C16H17NOS. The molecule has 2 rings (SSSR count). The van der Waals surface area contributed by atoms with Crippen LogP contribution >= 0.6 is 12.2 Å². The van der Waals surface area contributed by atoms with E-state index in [1.54, 1.807) is 0 Å². The van der Waals surface area contributed by atoms with Crippen molar-refractivity contribution in [2.45, 2.75) is 20.8 Å². The van der Waals surface area contributed by atoms with Crippen LogP contribution in [0.15, 0.2) is 36.4 Å². The molecule has 0 heterocycles. The van der Waals surface area contributed by atoms with E-state index in [4.69, 9.17) is 22.7 Å². The maximum absolute atomic E-state index is 6.00. The molecule has 0 atom stereocenters. The Kier molecular flexibility index (Phi) is 3.86. The van der Waals surface area contributed by atoms with Crippen LogP contribution in [0.2, 0.25) is 0 Å². The normalized spacial score (nSPS) is 10.3. The molecule has 0 aliphatic rings. The Morgan fingerprint density at radius 2 is 1.79 bits per heavy atom. The molecule has 0 amide bonds. The first kappa shape index (κ1) is 13.6. The van der Waals surface area contributed by atoms with Gasteiger partial charge in [0.25, 0.3) is 0 Å². The van der Waals surface area contributed by atoms with Gasteiger partial charge in [0, 0.05) is 0 Å². The second kappa shape index (κ2) is 5.41. The molecule has 0 aliphatic heterocycles. The minimum absolute atomic E-state index is 0.348. The zero-order valence-electron chi connectivity index (χ0n) is 11.4. The summed E-state index contributed by atoms with van der Waals surface area (Å²) in [6, 6.07) is 11.8. The zero-order valence-corrected chi connectivity index (χ0v) is 12.2. The molecule has 0 saturated heterocycles. The van der Waals surface area contributed by atoms with Gasteiger partial charge in [-0.05, 0) is 55.7 Å². The molecule has 0 spiro atoms. The van der Waals surface area contributed by atoms with Crippen molar-refractivity contribution < 1.29 is 4.74 Å². The highest BCUT2D eigenvalue weighted by Gasteiger charge is 2.10. The quantitative estimate of drug-likeness (QED) is 0.856. The van der Waals surface area contributed by atoms with E-state index in [2.05, 4.69) is 13.0 Å². The van der Waals surface area contributed by atoms with Gasteiger partial charge in [0.05, 0.1) is 5.56 Å². The van der Waals surface area contributed by atoms with Gasteiger partial charge in [-0.1, -0.05) is 30.4 Å². The average Bonchev–Trinajstić information content (AvgIpc) is 2.35. The number of hydrogen-bond acceptors (Lipinski definition) is 2. The van der Waals surface area contributed by atoms with E-state index in [0.29, 0.717) is 10.7 Å². The van der Waals surface area contributed by atoms with Crippen LogP contribution in [0.4, 0.5) is 0 Å². The van der Waals surface area contributed by atoms with Gasteiger partial charge in [-0.15, -0.1) is 0 Å². The summed E-state index contributed by atoms with van der Waals surface area (Å²) in [6.07, 6.45) is 0. The monoisotopic (exact) mass is 271 g/mol. The van der Waals surface area contributed by atoms with E-state index < -0.39 is 0 Å². The van der Waals surface area contributed by atoms with Crippen molar-refractivity contribution in [3.63, 3.8) is 0 Å². The highest BCUT2D eigenvalue weighted by molar-refractivity contribution is 7.80. The van der Waals surface area contributed by atoms with Crippen LogP contribution < -0.4 is 10.5 Å². The fraction of sp³-hybridized carbons (Fsp3) is 0.188. The van der Waals surface area contributed by atoms with E-state index in [9.17, 15) is 0 Å². The fourth-order valence-electron chi connectivity index (χ4n) is 1.87. The number of nitrogens with two attached hydrogens (primary N) is 1. The second-order valence-electron chi connectivity index (χ2n) is 4.66. The summed E-state index contributed by atoms with van der Waals surface area (Å²) in [7, 11) is 0. The summed E-state index contributed by atoms with van der Waals surface area (Å²) in [5, 5.41) is 0. The Balaban J connectivity index is 2.45. The molecule has 19 heavy (non-hydrogen) atoms. The second-order valence-corrected chi connectivity index (χ2v) is 5.10. The van der Waals surface area contributed by atoms with Gasteiger partial charge in [-0.25, -0.2) is 0 Å².